The fourth-order valence-corrected chi connectivity index (χ4v) is 4.32. The average Bonchev–Trinajstić information content (AvgIpc) is 2.83. The minimum atomic E-state index is 0.146. The topological polar surface area (TPSA) is 20.3 Å². The molecule has 1 fully saturated rings. The average molecular weight is 416 g/mol. The predicted octanol–water partition coefficient (Wildman–Crippen LogP) is 6.39. The van der Waals surface area contributed by atoms with Crippen molar-refractivity contribution in [3.63, 3.8) is 0 Å². The van der Waals surface area contributed by atoms with Gasteiger partial charge in [0, 0.05) is 30.8 Å². The van der Waals surface area contributed by atoms with Gasteiger partial charge >= 0.3 is 0 Å². The van der Waals surface area contributed by atoms with E-state index in [9.17, 15) is 4.79 Å². The molecule has 0 spiro atoms. The number of ketones is 1. The minimum Gasteiger partial charge on any atom is -0.290 e. The molecule has 2 nitrogen and oxygen atoms in total. The number of rotatable bonds is 4. The Labute approximate surface area is 189 Å². The summed E-state index contributed by atoms with van der Waals surface area (Å²) in [7, 11) is 0. The minimum absolute atomic E-state index is 0.146. The maximum absolute atomic E-state index is 13.3. The van der Waals surface area contributed by atoms with Crippen molar-refractivity contribution in [2.24, 2.45) is 0 Å². The molecule has 4 aromatic carbocycles. The van der Waals surface area contributed by atoms with Gasteiger partial charge in [0.1, 0.15) is 0 Å². The molecular formula is C30H25NO. The second-order valence-electron chi connectivity index (χ2n) is 8.32. The predicted molar refractivity (Wildman–Crippen MR) is 133 cm³/mol. The van der Waals surface area contributed by atoms with Crippen LogP contribution >= 0.6 is 0 Å². The van der Waals surface area contributed by atoms with Gasteiger partial charge in [0.05, 0.1) is 0 Å². The van der Waals surface area contributed by atoms with Crippen molar-refractivity contribution in [3.05, 3.63) is 131 Å². The summed E-state index contributed by atoms with van der Waals surface area (Å²) < 4.78 is 0. The third-order valence-electron chi connectivity index (χ3n) is 5.87. The van der Waals surface area contributed by atoms with Crippen LogP contribution in [-0.2, 0) is 11.3 Å². The Morgan fingerprint density at radius 3 is 1.75 bits per heavy atom. The van der Waals surface area contributed by atoms with E-state index in [1.807, 2.05) is 72.8 Å². The lowest BCUT2D eigenvalue weighted by Gasteiger charge is -2.30. The van der Waals surface area contributed by atoms with E-state index in [1.54, 1.807) is 0 Å². The molecule has 1 aliphatic rings. The number of piperidine rings is 1. The van der Waals surface area contributed by atoms with Crippen LogP contribution in [-0.4, -0.2) is 23.8 Å². The van der Waals surface area contributed by atoms with Gasteiger partial charge in [-0.1, -0.05) is 97.1 Å². The molecule has 0 saturated carbocycles. The van der Waals surface area contributed by atoms with E-state index in [0.717, 1.165) is 28.8 Å². The fourth-order valence-electron chi connectivity index (χ4n) is 4.32. The maximum atomic E-state index is 13.3. The van der Waals surface area contributed by atoms with Crippen LogP contribution in [0.1, 0.15) is 16.7 Å². The van der Waals surface area contributed by atoms with Gasteiger partial charge in [-0.25, -0.2) is 0 Å². The summed E-state index contributed by atoms with van der Waals surface area (Å²) in [5, 5.41) is 2.50. The lowest BCUT2D eigenvalue weighted by molar-refractivity contribution is -0.113. The Kier molecular flexibility index (Phi) is 5.78. The molecule has 32 heavy (non-hydrogen) atoms. The van der Waals surface area contributed by atoms with E-state index < -0.39 is 0 Å². The van der Waals surface area contributed by atoms with Crippen LogP contribution in [0.5, 0.6) is 0 Å². The standard InChI is InChI=1S/C30H25NO/c32-30-28(17-23-9-3-1-4-10-23)21-31(22-29(30)18-24-11-5-2-6-12-24)20-25-15-16-26-13-7-8-14-27(26)19-25/h1-19H,20-22H2/b28-17+,29-18+. The van der Waals surface area contributed by atoms with Crippen LogP contribution in [0.15, 0.2) is 114 Å². The van der Waals surface area contributed by atoms with Gasteiger partial charge in [-0.3, -0.25) is 9.69 Å². The first-order valence-corrected chi connectivity index (χ1v) is 11.0. The van der Waals surface area contributed by atoms with Crippen molar-refractivity contribution in [3.8, 4) is 0 Å². The van der Waals surface area contributed by atoms with E-state index >= 15 is 0 Å². The van der Waals surface area contributed by atoms with Crippen LogP contribution in [0.25, 0.3) is 22.9 Å². The Morgan fingerprint density at radius 1 is 0.625 bits per heavy atom. The van der Waals surface area contributed by atoms with E-state index in [1.165, 1.54) is 16.3 Å². The van der Waals surface area contributed by atoms with Crippen molar-refractivity contribution >= 4 is 28.7 Å². The molecule has 0 radical (unpaired) electrons. The molecule has 0 aliphatic carbocycles. The van der Waals surface area contributed by atoms with Crippen molar-refractivity contribution in [1.29, 1.82) is 0 Å². The number of carbonyl (C=O) groups is 1. The van der Waals surface area contributed by atoms with Crippen LogP contribution in [0.2, 0.25) is 0 Å². The van der Waals surface area contributed by atoms with Gasteiger partial charge in [0.25, 0.3) is 0 Å². The van der Waals surface area contributed by atoms with Crippen molar-refractivity contribution in [2.45, 2.75) is 6.54 Å². The summed E-state index contributed by atoms with van der Waals surface area (Å²) in [5.41, 5.74) is 5.05. The molecule has 0 bridgehead atoms. The summed E-state index contributed by atoms with van der Waals surface area (Å²) in [4.78, 5) is 15.7. The molecular weight excluding hydrogens is 390 g/mol. The molecule has 0 unspecified atom stereocenters. The Balaban J connectivity index is 1.48. The highest BCUT2D eigenvalue weighted by molar-refractivity contribution is 6.14. The monoisotopic (exact) mass is 415 g/mol. The van der Waals surface area contributed by atoms with E-state index in [0.29, 0.717) is 13.1 Å². The lowest BCUT2D eigenvalue weighted by atomic mass is 9.93. The molecule has 0 aromatic heterocycles. The quantitative estimate of drug-likeness (QED) is 0.360. The van der Waals surface area contributed by atoms with E-state index in [2.05, 4.69) is 47.4 Å². The van der Waals surface area contributed by atoms with E-state index in [4.69, 9.17) is 0 Å². The molecule has 1 aliphatic heterocycles. The van der Waals surface area contributed by atoms with Crippen LogP contribution < -0.4 is 0 Å². The summed E-state index contributed by atoms with van der Waals surface area (Å²) in [6.45, 7) is 2.09. The van der Waals surface area contributed by atoms with Crippen LogP contribution in [0.3, 0.4) is 0 Å². The number of Topliss-reactive ketones (excluding diaryl/α,β-unsaturated/α-hetero) is 1. The highest BCUT2D eigenvalue weighted by Crippen LogP contribution is 2.24. The van der Waals surface area contributed by atoms with Crippen LogP contribution in [0, 0.1) is 0 Å². The number of nitrogens with zero attached hydrogens (tertiary/aromatic N) is 1. The molecule has 0 atom stereocenters. The summed E-state index contributed by atoms with van der Waals surface area (Å²) in [6, 6.07) is 35.3. The summed E-state index contributed by atoms with van der Waals surface area (Å²) >= 11 is 0. The molecule has 1 heterocycles. The number of likely N-dealkylation sites (tertiary alicyclic amines) is 1. The molecule has 156 valence electrons. The molecule has 1 saturated heterocycles. The lowest BCUT2D eigenvalue weighted by Crippen LogP contribution is -2.37. The zero-order valence-electron chi connectivity index (χ0n) is 17.9. The normalized spacial score (nSPS) is 17.3. The molecule has 5 rings (SSSR count). The third kappa shape index (κ3) is 4.61. The number of hydrogen-bond donors (Lipinski definition) is 0. The highest BCUT2D eigenvalue weighted by atomic mass is 16.1. The Morgan fingerprint density at radius 2 is 1.16 bits per heavy atom. The number of hydrogen-bond acceptors (Lipinski definition) is 2. The highest BCUT2D eigenvalue weighted by Gasteiger charge is 2.26. The Hall–Kier alpha value is -3.75. The van der Waals surface area contributed by atoms with Crippen LogP contribution in [0.4, 0.5) is 0 Å². The van der Waals surface area contributed by atoms with Gasteiger partial charge in [-0.2, -0.15) is 0 Å². The first-order valence-electron chi connectivity index (χ1n) is 11.0. The van der Waals surface area contributed by atoms with Gasteiger partial charge in [0.15, 0.2) is 5.78 Å². The largest absolute Gasteiger partial charge is 0.290 e. The number of benzene rings is 4. The van der Waals surface area contributed by atoms with Gasteiger partial charge in [-0.15, -0.1) is 0 Å². The van der Waals surface area contributed by atoms with Crippen molar-refractivity contribution in [2.75, 3.05) is 13.1 Å². The second kappa shape index (κ2) is 9.17. The molecule has 0 amide bonds. The van der Waals surface area contributed by atoms with Crippen molar-refractivity contribution in [1.82, 2.24) is 4.90 Å². The number of carbonyl (C=O) groups excluding carboxylic acids is 1. The third-order valence-corrected chi connectivity index (χ3v) is 5.87. The van der Waals surface area contributed by atoms with Gasteiger partial charge in [0.2, 0.25) is 0 Å². The number of fused-ring (bicyclic) bond motifs is 1. The maximum Gasteiger partial charge on any atom is 0.187 e. The Bertz CT molecular complexity index is 1240. The van der Waals surface area contributed by atoms with E-state index in [-0.39, 0.29) is 5.78 Å². The molecule has 0 N–H and O–H groups in total. The SMILES string of the molecule is O=C1/C(=C/c2ccccc2)CN(Cc2ccc3ccccc3c2)C/C1=C\c1ccccc1. The smallest absolute Gasteiger partial charge is 0.187 e. The zero-order chi connectivity index (χ0) is 21.8. The second-order valence-corrected chi connectivity index (χ2v) is 8.32. The summed E-state index contributed by atoms with van der Waals surface area (Å²) in [5.74, 6) is 0.146. The first-order chi connectivity index (χ1) is 15.7. The fraction of sp³-hybridized carbons (Fsp3) is 0.100. The zero-order valence-corrected chi connectivity index (χ0v) is 17.9. The van der Waals surface area contributed by atoms with Gasteiger partial charge in [-0.05, 0) is 45.7 Å². The van der Waals surface area contributed by atoms with Crippen molar-refractivity contribution < 1.29 is 4.79 Å². The summed E-state index contributed by atoms with van der Waals surface area (Å²) in [6.07, 6.45) is 4.07. The molecule has 2 heteroatoms. The van der Waals surface area contributed by atoms with Gasteiger partial charge < -0.3 is 0 Å². The first kappa shape index (κ1) is 20.2. The molecule has 4 aromatic rings.